The SMILES string of the molecule is COc1ccc(OC)c(S(=O)(=O)N2CCC(S(=O)(=O)c3ccccc3)CC2)c1. The number of hydrogen-bond acceptors (Lipinski definition) is 6. The summed E-state index contributed by atoms with van der Waals surface area (Å²) in [4.78, 5) is 0.282. The lowest BCUT2D eigenvalue weighted by Crippen LogP contribution is -2.42. The van der Waals surface area contributed by atoms with Gasteiger partial charge in [0.15, 0.2) is 9.84 Å². The monoisotopic (exact) mass is 425 g/mol. The average molecular weight is 426 g/mol. The van der Waals surface area contributed by atoms with E-state index in [0.29, 0.717) is 5.75 Å². The molecule has 2 aromatic carbocycles. The van der Waals surface area contributed by atoms with Gasteiger partial charge in [-0.25, -0.2) is 16.8 Å². The zero-order chi connectivity index (χ0) is 20.4. The van der Waals surface area contributed by atoms with E-state index >= 15 is 0 Å². The molecule has 1 aliphatic heterocycles. The summed E-state index contributed by atoms with van der Waals surface area (Å²) in [7, 11) is -4.46. The number of rotatable bonds is 6. The minimum Gasteiger partial charge on any atom is -0.497 e. The standard InChI is InChI=1S/C19H23NO6S2/c1-25-15-8-9-18(26-2)19(14-15)28(23,24)20-12-10-17(11-13-20)27(21,22)16-6-4-3-5-7-16/h3-9,14,17H,10-13H2,1-2H3. The Bertz CT molecular complexity index is 1030. The van der Waals surface area contributed by atoms with Crippen molar-refractivity contribution in [3.63, 3.8) is 0 Å². The van der Waals surface area contributed by atoms with E-state index < -0.39 is 25.1 Å². The van der Waals surface area contributed by atoms with Crippen molar-refractivity contribution in [3.05, 3.63) is 48.5 Å². The third-order valence-corrected chi connectivity index (χ3v) is 9.10. The number of sulfonamides is 1. The van der Waals surface area contributed by atoms with Gasteiger partial charge in [-0.3, -0.25) is 0 Å². The Morgan fingerprint density at radius 2 is 1.54 bits per heavy atom. The van der Waals surface area contributed by atoms with Gasteiger partial charge in [0.05, 0.1) is 24.4 Å². The predicted molar refractivity (Wildman–Crippen MR) is 105 cm³/mol. The summed E-state index contributed by atoms with van der Waals surface area (Å²) in [5, 5.41) is -0.603. The molecule has 28 heavy (non-hydrogen) atoms. The first-order chi connectivity index (χ1) is 13.3. The normalized spacial score (nSPS) is 16.6. The maximum absolute atomic E-state index is 13.1. The van der Waals surface area contributed by atoms with Gasteiger partial charge in [0.2, 0.25) is 10.0 Å². The largest absolute Gasteiger partial charge is 0.497 e. The number of methoxy groups -OCH3 is 2. The average Bonchev–Trinajstić information content (AvgIpc) is 2.74. The van der Waals surface area contributed by atoms with Crippen LogP contribution >= 0.6 is 0 Å². The van der Waals surface area contributed by atoms with Crippen LogP contribution in [0.25, 0.3) is 0 Å². The maximum Gasteiger partial charge on any atom is 0.246 e. The van der Waals surface area contributed by atoms with Gasteiger partial charge in [0, 0.05) is 19.2 Å². The number of sulfone groups is 1. The molecule has 1 aliphatic rings. The van der Waals surface area contributed by atoms with Crippen LogP contribution in [0.5, 0.6) is 11.5 Å². The quantitative estimate of drug-likeness (QED) is 0.706. The van der Waals surface area contributed by atoms with Gasteiger partial charge in [-0.2, -0.15) is 4.31 Å². The van der Waals surface area contributed by atoms with Crippen LogP contribution in [0.3, 0.4) is 0 Å². The van der Waals surface area contributed by atoms with Crippen molar-refractivity contribution in [1.29, 1.82) is 0 Å². The second-order valence-corrected chi connectivity index (χ2v) is 10.6. The van der Waals surface area contributed by atoms with Gasteiger partial charge in [0.25, 0.3) is 0 Å². The topological polar surface area (TPSA) is 90.0 Å². The highest BCUT2D eigenvalue weighted by Crippen LogP contribution is 2.33. The fourth-order valence-electron chi connectivity index (χ4n) is 3.31. The molecule has 0 bridgehead atoms. The first-order valence-corrected chi connectivity index (χ1v) is 11.8. The van der Waals surface area contributed by atoms with Crippen LogP contribution in [0.2, 0.25) is 0 Å². The number of ether oxygens (including phenoxy) is 2. The highest BCUT2D eigenvalue weighted by atomic mass is 32.2. The van der Waals surface area contributed by atoms with Crippen LogP contribution < -0.4 is 9.47 Å². The van der Waals surface area contributed by atoms with Crippen LogP contribution in [0.1, 0.15) is 12.8 Å². The van der Waals surface area contributed by atoms with E-state index in [-0.39, 0.29) is 41.5 Å². The summed E-state index contributed by atoms with van der Waals surface area (Å²) < 4.78 is 63.4. The van der Waals surface area contributed by atoms with E-state index in [9.17, 15) is 16.8 Å². The molecule has 0 amide bonds. The molecule has 0 atom stereocenters. The third-order valence-electron chi connectivity index (χ3n) is 4.90. The van der Waals surface area contributed by atoms with Gasteiger partial charge in [-0.1, -0.05) is 18.2 Å². The Labute approximate surface area is 165 Å². The van der Waals surface area contributed by atoms with Crippen molar-refractivity contribution in [1.82, 2.24) is 4.31 Å². The Balaban J connectivity index is 1.81. The molecule has 0 saturated carbocycles. The smallest absolute Gasteiger partial charge is 0.246 e. The highest BCUT2D eigenvalue weighted by Gasteiger charge is 2.36. The first-order valence-electron chi connectivity index (χ1n) is 8.82. The molecule has 0 aromatic heterocycles. The number of nitrogens with zero attached hydrogens (tertiary/aromatic N) is 1. The van der Waals surface area contributed by atoms with E-state index in [1.807, 2.05) is 0 Å². The first kappa shape index (κ1) is 20.6. The lowest BCUT2D eigenvalue weighted by molar-refractivity contribution is 0.341. The maximum atomic E-state index is 13.1. The van der Waals surface area contributed by atoms with Crippen molar-refractivity contribution < 1.29 is 26.3 Å². The summed E-state index contributed by atoms with van der Waals surface area (Å²) in [5.74, 6) is 0.626. The van der Waals surface area contributed by atoms with Crippen molar-refractivity contribution in [2.24, 2.45) is 0 Å². The number of hydrogen-bond donors (Lipinski definition) is 0. The molecule has 0 aliphatic carbocycles. The lowest BCUT2D eigenvalue weighted by atomic mass is 10.2. The summed E-state index contributed by atoms with van der Waals surface area (Å²) in [6.07, 6.45) is 0.478. The summed E-state index contributed by atoms with van der Waals surface area (Å²) in [6.45, 7) is 0.249. The van der Waals surface area contributed by atoms with Gasteiger partial charge >= 0.3 is 0 Å². The van der Waals surface area contributed by atoms with E-state index in [0.717, 1.165) is 0 Å². The molecule has 152 valence electrons. The molecule has 0 spiro atoms. The van der Waals surface area contributed by atoms with Crippen LogP contribution in [-0.4, -0.2) is 53.7 Å². The fraction of sp³-hybridized carbons (Fsp3) is 0.368. The zero-order valence-corrected chi connectivity index (χ0v) is 17.4. The molecule has 1 heterocycles. The summed E-state index contributed by atoms with van der Waals surface area (Å²) >= 11 is 0. The molecule has 2 aromatic rings. The van der Waals surface area contributed by atoms with Crippen molar-refractivity contribution in [2.45, 2.75) is 27.9 Å². The molecule has 1 fully saturated rings. The van der Waals surface area contributed by atoms with Crippen LogP contribution in [0.4, 0.5) is 0 Å². The Morgan fingerprint density at radius 3 is 2.11 bits per heavy atom. The van der Waals surface area contributed by atoms with Gasteiger partial charge in [-0.15, -0.1) is 0 Å². The van der Waals surface area contributed by atoms with Crippen molar-refractivity contribution in [2.75, 3.05) is 27.3 Å². The van der Waals surface area contributed by atoms with Crippen LogP contribution in [0.15, 0.2) is 58.3 Å². The second kappa shape index (κ2) is 8.10. The van der Waals surface area contributed by atoms with E-state index in [1.165, 1.54) is 24.6 Å². The number of benzene rings is 2. The van der Waals surface area contributed by atoms with Gasteiger partial charge in [0.1, 0.15) is 16.4 Å². The molecule has 7 nitrogen and oxygen atoms in total. The van der Waals surface area contributed by atoms with Gasteiger partial charge in [-0.05, 0) is 37.1 Å². The fourth-order valence-corrected chi connectivity index (χ4v) is 6.70. The molecule has 1 saturated heterocycles. The van der Waals surface area contributed by atoms with Crippen LogP contribution in [-0.2, 0) is 19.9 Å². The molecule has 0 N–H and O–H groups in total. The lowest BCUT2D eigenvalue weighted by Gasteiger charge is -2.31. The van der Waals surface area contributed by atoms with E-state index in [1.54, 1.807) is 42.5 Å². The highest BCUT2D eigenvalue weighted by molar-refractivity contribution is 7.92. The number of piperidine rings is 1. The third kappa shape index (κ3) is 3.87. The molecule has 3 rings (SSSR count). The Morgan fingerprint density at radius 1 is 0.893 bits per heavy atom. The predicted octanol–water partition coefficient (Wildman–Crippen LogP) is 2.33. The minimum atomic E-state index is -3.84. The second-order valence-electron chi connectivity index (χ2n) is 6.48. The van der Waals surface area contributed by atoms with E-state index in [4.69, 9.17) is 9.47 Å². The van der Waals surface area contributed by atoms with Gasteiger partial charge < -0.3 is 9.47 Å². The zero-order valence-electron chi connectivity index (χ0n) is 15.7. The van der Waals surface area contributed by atoms with Crippen LogP contribution in [0, 0.1) is 0 Å². The van der Waals surface area contributed by atoms with Crippen molar-refractivity contribution in [3.8, 4) is 11.5 Å². The molecular weight excluding hydrogens is 402 g/mol. The van der Waals surface area contributed by atoms with Crippen molar-refractivity contribution >= 4 is 19.9 Å². The Hall–Kier alpha value is -2.10. The summed E-state index contributed by atoms with van der Waals surface area (Å²) in [5.41, 5.74) is 0. The molecule has 9 heteroatoms. The molecule has 0 unspecified atom stereocenters. The minimum absolute atomic E-state index is 0.0127. The van der Waals surface area contributed by atoms with E-state index in [2.05, 4.69) is 0 Å². The Kier molecular flexibility index (Phi) is 5.97. The molecular formula is C19H23NO6S2. The molecule has 0 radical (unpaired) electrons. The summed E-state index contributed by atoms with van der Waals surface area (Å²) in [6, 6.07) is 12.8.